The first kappa shape index (κ1) is 13.0. The molecule has 1 saturated heterocycles. The van der Waals surface area contributed by atoms with Gasteiger partial charge in [-0.05, 0) is 19.3 Å². The maximum atomic E-state index is 11.4. The molecule has 1 amide bonds. The van der Waals surface area contributed by atoms with Crippen LogP contribution in [-0.2, 0) is 9.53 Å². The van der Waals surface area contributed by atoms with Gasteiger partial charge in [0.05, 0.1) is 6.61 Å². The predicted octanol–water partition coefficient (Wildman–Crippen LogP) is 1.72. The highest BCUT2D eigenvalue weighted by atomic mass is 16.5. The third kappa shape index (κ3) is 1.59. The van der Waals surface area contributed by atoms with Gasteiger partial charge in [0.2, 0.25) is 0 Å². The number of rotatable bonds is 1. The summed E-state index contributed by atoms with van der Waals surface area (Å²) >= 11 is 0. The average molecular weight is 229 g/mol. The Kier molecular flexibility index (Phi) is 2.79. The zero-order chi connectivity index (χ0) is 12.8. The van der Waals surface area contributed by atoms with Gasteiger partial charge in [0.25, 0.3) is 0 Å². The number of ether oxygens (including phenoxy) is 1. The number of amides is 1. The molecule has 0 aromatic carbocycles. The topological polar surface area (TPSA) is 66.8 Å². The molecule has 5 nitrogen and oxygen atoms in total. The van der Waals surface area contributed by atoms with Crippen molar-refractivity contribution in [1.82, 2.24) is 4.90 Å². The summed E-state index contributed by atoms with van der Waals surface area (Å²) in [4.78, 5) is 23.8. The maximum absolute atomic E-state index is 11.4. The van der Waals surface area contributed by atoms with E-state index in [2.05, 4.69) is 0 Å². The lowest BCUT2D eigenvalue weighted by molar-refractivity contribution is -0.124. The molecule has 1 fully saturated rings. The van der Waals surface area contributed by atoms with Gasteiger partial charge in [-0.2, -0.15) is 0 Å². The Bertz CT molecular complexity index is 315. The number of carbonyl (C=O) groups is 2. The van der Waals surface area contributed by atoms with Crippen LogP contribution in [0, 0.1) is 5.41 Å². The summed E-state index contributed by atoms with van der Waals surface area (Å²) < 4.78 is 5.46. The third-order valence-electron chi connectivity index (χ3n) is 3.27. The molecule has 0 aromatic rings. The molecule has 1 heterocycles. The Balaban J connectivity index is 3.32. The highest BCUT2D eigenvalue weighted by Crippen LogP contribution is 2.44. The van der Waals surface area contributed by atoms with Crippen molar-refractivity contribution in [3.63, 3.8) is 0 Å². The van der Waals surface area contributed by atoms with E-state index >= 15 is 0 Å². The van der Waals surface area contributed by atoms with E-state index in [1.807, 2.05) is 20.8 Å². The van der Waals surface area contributed by atoms with E-state index in [4.69, 9.17) is 4.74 Å². The van der Waals surface area contributed by atoms with Crippen LogP contribution in [0.4, 0.5) is 4.79 Å². The van der Waals surface area contributed by atoms with Gasteiger partial charge in [-0.15, -0.1) is 0 Å². The molecule has 0 aromatic heterocycles. The molecule has 92 valence electrons. The van der Waals surface area contributed by atoms with E-state index in [0.717, 1.165) is 4.90 Å². The van der Waals surface area contributed by atoms with Crippen LogP contribution < -0.4 is 0 Å². The highest BCUT2D eigenvalue weighted by Gasteiger charge is 2.60. The molecule has 0 saturated carbocycles. The van der Waals surface area contributed by atoms with Crippen molar-refractivity contribution >= 4 is 12.4 Å². The van der Waals surface area contributed by atoms with Crippen LogP contribution in [0.2, 0.25) is 0 Å². The predicted molar refractivity (Wildman–Crippen MR) is 58.1 cm³/mol. The van der Waals surface area contributed by atoms with E-state index in [1.54, 1.807) is 13.8 Å². The normalized spacial score (nSPS) is 29.2. The minimum absolute atomic E-state index is 0.0965. The average Bonchev–Trinajstić information content (AvgIpc) is 2.36. The second-order valence-corrected chi connectivity index (χ2v) is 5.65. The fraction of sp³-hybridized carbons (Fsp3) is 0.818. The quantitative estimate of drug-likeness (QED) is 0.695. The van der Waals surface area contributed by atoms with E-state index in [9.17, 15) is 14.7 Å². The summed E-state index contributed by atoms with van der Waals surface area (Å²) in [6.07, 6.45) is -0.444. The Labute approximate surface area is 95.4 Å². The minimum atomic E-state index is -1.13. The van der Waals surface area contributed by atoms with Crippen molar-refractivity contribution in [1.29, 1.82) is 0 Å². The van der Waals surface area contributed by atoms with Gasteiger partial charge in [-0.25, -0.2) is 4.79 Å². The van der Waals surface area contributed by atoms with E-state index in [1.165, 1.54) is 0 Å². The van der Waals surface area contributed by atoms with Gasteiger partial charge in [-0.3, -0.25) is 4.90 Å². The largest absolute Gasteiger partial charge is 0.465 e. The molecule has 0 spiro atoms. The molecule has 5 heteroatoms. The molecule has 1 N–H and O–H groups in total. The van der Waals surface area contributed by atoms with Crippen molar-refractivity contribution in [2.75, 3.05) is 6.61 Å². The van der Waals surface area contributed by atoms with Crippen LogP contribution >= 0.6 is 0 Å². The fourth-order valence-electron chi connectivity index (χ4n) is 2.11. The number of hydrogen-bond donors (Lipinski definition) is 1. The highest BCUT2D eigenvalue weighted by molar-refractivity contribution is 5.78. The first-order chi connectivity index (χ1) is 7.08. The van der Waals surface area contributed by atoms with Crippen LogP contribution in [-0.4, -0.2) is 40.3 Å². The van der Waals surface area contributed by atoms with Gasteiger partial charge >= 0.3 is 6.09 Å². The summed E-state index contributed by atoms with van der Waals surface area (Å²) in [6.45, 7) is 8.90. The Morgan fingerprint density at radius 2 is 1.94 bits per heavy atom. The Hall–Kier alpha value is -1.10. The first-order valence-electron chi connectivity index (χ1n) is 5.22. The number of hydrogen-bond acceptors (Lipinski definition) is 3. The minimum Gasteiger partial charge on any atom is -0.465 e. The molecule has 1 aliphatic rings. The van der Waals surface area contributed by atoms with Crippen LogP contribution in [0.1, 0.15) is 34.6 Å². The smallest absolute Gasteiger partial charge is 0.410 e. The Morgan fingerprint density at radius 1 is 1.44 bits per heavy atom. The van der Waals surface area contributed by atoms with Crippen LogP contribution in [0.25, 0.3) is 0 Å². The van der Waals surface area contributed by atoms with Crippen LogP contribution in [0.15, 0.2) is 0 Å². The zero-order valence-electron chi connectivity index (χ0n) is 10.4. The van der Waals surface area contributed by atoms with Crippen molar-refractivity contribution in [3.8, 4) is 0 Å². The lowest BCUT2D eigenvalue weighted by Crippen LogP contribution is -2.62. The summed E-state index contributed by atoms with van der Waals surface area (Å²) in [6, 6.07) is 0. The van der Waals surface area contributed by atoms with Gasteiger partial charge in [0, 0.05) is 0 Å². The third-order valence-corrected chi connectivity index (χ3v) is 3.27. The number of carboxylic acid groups (broad SMARTS) is 1. The molecule has 0 unspecified atom stereocenters. The zero-order valence-corrected chi connectivity index (χ0v) is 10.4. The number of nitrogens with zero attached hydrogens (tertiary/aromatic N) is 1. The molecule has 1 atom stereocenters. The maximum Gasteiger partial charge on any atom is 0.410 e. The second kappa shape index (κ2) is 3.45. The van der Waals surface area contributed by atoms with Gasteiger partial charge < -0.3 is 14.6 Å². The molecule has 1 rings (SSSR count). The van der Waals surface area contributed by atoms with Crippen molar-refractivity contribution < 1.29 is 19.4 Å². The monoisotopic (exact) mass is 229 g/mol. The van der Waals surface area contributed by atoms with Crippen molar-refractivity contribution in [2.24, 2.45) is 5.41 Å². The van der Waals surface area contributed by atoms with Crippen LogP contribution in [0.3, 0.4) is 0 Å². The summed E-state index contributed by atoms with van der Waals surface area (Å²) in [5.41, 5.74) is -2.61. The summed E-state index contributed by atoms with van der Waals surface area (Å²) in [5.74, 6) is 0. The SMILES string of the molecule is CC1(C)OC[C@@](C=O)(C(C)(C)C)N1C(=O)O. The van der Waals surface area contributed by atoms with Crippen LogP contribution in [0.5, 0.6) is 0 Å². The number of carbonyl (C=O) groups excluding carboxylic acids is 1. The Morgan fingerprint density at radius 3 is 2.19 bits per heavy atom. The molecule has 0 bridgehead atoms. The summed E-state index contributed by atoms with van der Waals surface area (Å²) in [5, 5.41) is 9.27. The molecule has 1 aliphatic heterocycles. The van der Waals surface area contributed by atoms with Crippen molar-refractivity contribution in [2.45, 2.75) is 45.9 Å². The van der Waals surface area contributed by atoms with Crippen molar-refractivity contribution in [3.05, 3.63) is 0 Å². The van der Waals surface area contributed by atoms with Gasteiger partial charge in [0.1, 0.15) is 17.6 Å². The second-order valence-electron chi connectivity index (χ2n) is 5.65. The molecule has 0 radical (unpaired) electrons. The first-order valence-corrected chi connectivity index (χ1v) is 5.22. The van der Waals surface area contributed by atoms with E-state index in [0.29, 0.717) is 6.29 Å². The fourth-order valence-corrected chi connectivity index (χ4v) is 2.11. The number of aldehydes is 1. The van der Waals surface area contributed by atoms with E-state index < -0.39 is 22.8 Å². The lowest BCUT2D eigenvalue weighted by atomic mass is 9.74. The lowest BCUT2D eigenvalue weighted by Gasteiger charge is -2.44. The molecule has 16 heavy (non-hydrogen) atoms. The standard InChI is InChI=1S/C11H19NO4/c1-9(2,3)11(6-13)7-16-10(4,5)12(11)8(14)15/h6H,7H2,1-5H3,(H,14,15)/t11-/m0/s1. The van der Waals surface area contributed by atoms with Gasteiger partial charge in [0.15, 0.2) is 0 Å². The molecular weight excluding hydrogens is 210 g/mol. The summed E-state index contributed by atoms with van der Waals surface area (Å²) in [7, 11) is 0. The van der Waals surface area contributed by atoms with E-state index in [-0.39, 0.29) is 6.61 Å². The molecular formula is C11H19NO4. The van der Waals surface area contributed by atoms with Gasteiger partial charge in [-0.1, -0.05) is 20.8 Å². The molecule has 0 aliphatic carbocycles.